The van der Waals surface area contributed by atoms with Crippen LogP contribution in [-0.2, 0) is 13.5 Å². The van der Waals surface area contributed by atoms with Gasteiger partial charge >= 0.3 is 0 Å². The van der Waals surface area contributed by atoms with Crippen molar-refractivity contribution in [2.45, 2.75) is 19.4 Å². The van der Waals surface area contributed by atoms with Crippen LogP contribution >= 0.6 is 0 Å². The molecule has 0 saturated heterocycles. The molecule has 16 heavy (non-hydrogen) atoms. The van der Waals surface area contributed by atoms with Gasteiger partial charge in [-0.3, -0.25) is 9.67 Å². The topological polar surface area (TPSA) is 56.7 Å². The molecule has 2 aromatic heterocycles. The number of nitrogens with zero attached hydrogens (tertiary/aromatic N) is 3. The van der Waals surface area contributed by atoms with Crippen LogP contribution in [0.2, 0.25) is 0 Å². The lowest BCUT2D eigenvalue weighted by Crippen LogP contribution is -2.15. The smallest absolute Gasteiger partial charge is 0.0643 e. The first-order valence-electron chi connectivity index (χ1n) is 5.32. The summed E-state index contributed by atoms with van der Waals surface area (Å²) in [5, 5.41) is 4.31. The normalized spacial score (nSPS) is 12.7. The Morgan fingerprint density at radius 1 is 1.44 bits per heavy atom. The van der Waals surface area contributed by atoms with Crippen LogP contribution in [0.1, 0.15) is 23.0 Å². The predicted molar refractivity (Wildman–Crippen MR) is 62.8 cm³/mol. The first-order chi connectivity index (χ1) is 7.65. The molecular weight excluding hydrogens is 200 g/mol. The fourth-order valence-corrected chi connectivity index (χ4v) is 1.66. The fourth-order valence-electron chi connectivity index (χ4n) is 1.66. The van der Waals surface area contributed by atoms with E-state index in [1.807, 2.05) is 38.4 Å². The molecule has 1 atom stereocenters. The molecule has 2 aromatic rings. The predicted octanol–water partition coefficient (Wildman–Crippen LogP) is 1.37. The van der Waals surface area contributed by atoms with Gasteiger partial charge in [0.1, 0.15) is 0 Å². The highest BCUT2D eigenvalue weighted by Crippen LogP contribution is 2.13. The second kappa shape index (κ2) is 4.45. The number of hydrogen-bond donors (Lipinski definition) is 1. The van der Waals surface area contributed by atoms with Gasteiger partial charge in [-0.25, -0.2) is 0 Å². The molecule has 84 valence electrons. The summed E-state index contributed by atoms with van der Waals surface area (Å²) in [7, 11) is 1.90. The minimum atomic E-state index is -0.0881. The molecule has 0 aliphatic rings. The third kappa shape index (κ3) is 2.46. The fraction of sp³-hybridized carbons (Fsp3) is 0.333. The quantitative estimate of drug-likeness (QED) is 0.843. The molecule has 0 fully saturated rings. The third-order valence-corrected chi connectivity index (χ3v) is 2.51. The van der Waals surface area contributed by atoms with E-state index in [1.54, 1.807) is 10.9 Å². The maximum Gasteiger partial charge on any atom is 0.0643 e. The molecule has 0 saturated carbocycles. The number of aromatic nitrogens is 3. The monoisotopic (exact) mass is 216 g/mol. The highest BCUT2D eigenvalue weighted by Gasteiger charge is 2.10. The van der Waals surface area contributed by atoms with Crippen molar-refractivity contribution in [1.82, 2.24) is 14.8 Å². The van der Waals surface area contributed by atoms with Gasteiger partial charge in [0.15, 0.2) is 0 Å². The molecule has 2 rings (SSSR count). The molecule has 0 bridgehead atoms. The minimum absolute atomic E-state index is 0.0881. The Labute approximate surface area is 95.1 Å². The molecule has 1 unspecified atom stereocenters. The Hall–Kier alpha value is -1.68. The van der Waals surface area contributed by atoms with E-state index >= 15 is 0 Å². The van der Waals surface area contributed by atoms with Gasteiger partial charge in [0.05, 0.1) is 17.4 Å². The standard InChI is InChI=1S/C12H16N4/c1-9-3-5-14-12(7-9)11(13)8-10-4-6-16(2)15-10/h3-7,11H,8,13H2,1-2H3. The van der Waals surface area contributed by atoms with E-state index in [2.05, 4.69) is 10.1 Å². The molecule has 0 aliphatic carbocycles. The van der Waals surface area contributed by atoms with E-state index in [4.69, 9.17) is 5.73 Å². The van der Waals surface area contributed by atoms with Crippen LogP contribution in [0.25, 0.3) is 0 Å². The molecule has 0 spiro atoms. The number of hydrogen-bond acceptors (Lipinski definition) is 3. The Kier molecular flexibility index (Phi) is 3.01. The van der Waals surface area contributed by atoms with Crippen LogP contribution in [0, 0.1) is 6.92 Å². The molecule has 4 nitrogen and oxygen atoms in total. The van der Waals surface area contributed by atoms with Gasteiger partial charge in [-0.1, -0.05) is 0 Å². The first-order valence-corrected chi connectivity index (χ1v) is 5.32. The van der Waals surface area contributed by atoms with Gasteiger partial charge in [-0.05, 0) is 30.7 Å². The maximum atomic E-state index is 6.09. The van der Waals surface area contributed by atoms with Gasteiger partial charge in [0.2, 0.25) is 0 Å². The van der Waals surface area contributed by atoms with Gasteiger partial charge in [0.25, 0.3) is 0 Å². The summed E-state index contributed by atoms with van der Waals surface area (Å²) in [5.41, 5.74) is 9.20. The van der Waals surface area contributed by atoms with Crippen molar-refractivity contribution in [3.05, 3.63) is 47.5 Å². The Balaban J connectivity index is 2.11. The van der Waals surface area contributed by atoms with E-state index in [0.717, 1.165) is 17.8 Å². The summed E-state index contributed by atoms with van der Waals surface area (Å²) in [5.74, 6) is 0. The number of nitrogens with two attached hydrogens (primary N) is 1. The van der Waals surface area contributed by atoms with Crippen LogP contribution in [0.4, 0.5) is 0 Å². The third-order valence-electron chi connectivity index (χ3n) is 2.51. The lowest BCUT2D eigenvalue weighted by atomic mass is 10.1. The van der Waals surface area contributed by atoms with Crippen molar-refractivity contribution in [2.24, 2.45) is 12.8 Å². The first kappa shape index (κ1) is 10.8. The number of pyridine rings is 1. The number of rotatable bonds is 3. The van der Waals surface area contributed by atoms with Crippen molar-refractivity contribution in [3.63, 3.8) is 0 Å². The average Bonchev–Trinajstić information content (AvgIpc) is 2.64. The molecule has 2 heterocycles. The second-order valence-electron chi connectivity index (χ2n) is 4.05. The van der Waals surface area contributed by atoms with Crippen LogP contribution < -0.4 is 5.73 Å². The van der Waals surface area contributed by atoms with E-state index in [0.29, 0.717) is 0 Å². The van der Waals surface area contributed by atoms with Gasteiger partial charge in [-0.15, -0.1) is 0 Å². The SMILES string of the molecule is Cc1ccnc(C(N)Cc2ccn(C)n2)c1. The highest BCUT2D eigenvalue weighted by molar-refractivity contribution is 5.18. The molecule has 0 aromatic carbocycles. The zero-order valence-corrected chi connectivity index (χ0v) is 9.59. The largest absolute Gasteiger partial charge is 0.322 e. The Morgan fingerprint density at radius 2 is 2.25 bits per heavy atom. The molecule has 2 N–H and O–H groups in total. The molecule has 0 amide bonds. The van der Waals surface area contributed by atoms with E-state index in [-0.39, 0.29) is 6.04 Å². The zero-order chi connectivity index (χ0) is 11.5. The zero-order valence-electron chi connectivity index (χ0n) is 9.59. The molecule has 0 radical (unpaired) electrons. The van der Waals surface area contributed by atoms with Crippen molar-refractivity contribution in [1.29, 1.82) is 0 Å². The van der Waals surface area contributed by atoms with Crippen molar-refractivity contribution >= 4 is 0 Å². The minimum Gasteiger partial charge on any atom is -0.322 e. The second-order valence-corrected chi connectivity index (χ2v) is 4.05. The summed E-state index contributed by atoms with van der Waals surface area (Å²) in [6, 6.07) is 5.88. The van der Waals surface area contributed by atoms with Gasteiger partial charge in [-0.2, -0.15) is 5.10 Å². The molecule has 0 aliphatic heterocycles. The van der Waals surface area contributed by atoms with E-state index in [1.165, 1.54) is 5.56 Å². The van der Waals surface area contributed by atoms with Crippen LogP contribution in [0.3, 0.4) is 0 Å². The summed E-state index contributed by atoms with van der Waals surface area (Å²) in [6.07, 6.45) is 4.44. The van der Waals surface area contributed by atoms with Crippen LogP contribution in [0.5, 0.6) is 0 Å². The van der Waals surface area contributed by atoms with Gasteiger partial charge in [0, 0.05) is 25.9 Å². The lowest BCUT2D eigenvalue weighted by Gasteiger charge is -2.09. The van der Waals surface area contributed by atoms with E-state index < -0.39 is 0 Å². The van der Waals surface area contributed by atoms with Gasteiger partial charge < -0.3 is 5.73 Å². The van der Waals surface area contributed by atoms with Crippen LogP contribution in [0.15, 0.2) is 30.6 Å². The Morgan fingerprint density at radius 3 is 2.88 bits per heavy atom. The average molecular weight is 216 g/mol. The highest BCUT2D eigenvalue weighted by atomic mass is 15.2. The van der Waals surface area contributed by atoms with Crippen molar-refractivity contribution in [2.75, 3.05) is 0 Å². The maximum absolute atomic E-state index is 6.09. The van der Waals surface area contributed by atoms with Crippen molar-refractivity contribution < 1.29 is 0 Å². The molecular formula is C12H16N4. The van der Waals surface area contributed by atoms with E-state index in [9.17, 15) is 0 Å². The lowest BCUT2D eigenvalue weighted by molar-refractivity contribution is 0.659. The summed E-state index contributed by atoms with van der Waals surface area (Å²) in [4.78, 5) is 4.28. The summed E-state index contributed by atoms with van der Waals surface area (Å²) in [6.45, 7) is 2.04. The summed E-state index contributed by atoms with van der Waals surface area (Å²) >= 11 is 0. The Bertz CT molecular complexity index is 475. The summed E-state index contributed by atoms with van der Waals surface area (Å²) < 4.78 is 1.78. The molecule has 4 heteroatoms. The van der Waals surface area contributed by atoms with Crippen molar-refractivity contribution in [3.8, 4) is 0 Å². The van der Waals surface area contributed by atoms with Crippen LogP contribution in [-0.4, -0.2) is 14.8 Å². The number of aryl methyl sites for hydroxylation is 2.